The number of aromatic nitrogens is 2. The quantitative estimate of drug-likeness (QED) is 0.873. The van der Waals surface area contributed by atoms with Crippen molar-refractivity contribution in [2.24, 2.45) is 5.92 Å². The fraction of sp³-hybridized carbons (Fsp3) is 0.500. The minimum absolute atomic E-state index is 0.0944. The molecular weight excluding hydrogens is 344 g/mol. The number of ether oxygens (including phenoxy) is 2. The first-order valence-electron chi connectivity index (χ1n) is 9.29. The molecule has 2 heterocycles. The van der Waals surface area contributed by atoms with E-state index in [1.54, 1.807) is 32.4 Å². The van der Waals surface area contributed by atoms with Crippen molar-refractivity contribution < 1.29 is 14.3 Å². The lowest BCUT2D eigenvalue weighted by molar-refractivity contribution is 0.175. The molecule has 1 aromatic heterocycles. The van der Waals surface area contributed by atoms with Crippen LogP contribution in [0.5, 0.6) is 11.5 Å². The number of hydrogen-bond acceptors (Lipinski definition) is 4. The highest BCUT2D eigenvalue weighted by Gasteiger charge is 2.24. The molecule has 27 heavy (non-hydrogen) atoms. The van der Waals surface area contributed by atoms with Crippen molar-refractivity contribution >= 4 is 11.7 Å². The Morgan fingerprint density at radius 1 is 1.19 bits per heavy atom. The first kappa shape index (κ1) is 19.1. The zero-order valence-corrected chi connectivity index (χ0v) is 16.5. The highest BCUT2D eigenvalue weighted by atomic mass is 16.5. The second-order valence-electron chi connectivity index (χ2n) is 7.04. The van der Waals surface area contributed by atoms with Gasteiger partial charge in [-0.05, 0) is 50.8 Å². The third-order valence-electron chi connectivity index (χ3n) is 5.09. The van der Waals surface area contributed by atoms with Crippen LogP contribution in [0.3, 0.4) is 0 Å². The van der Waals surface area contributed by atoms with Crippen molar-refractivity contribution in [3.8, 4) is 11.5 Å². The number of piperidine rings is 1. The number of carbonyl (C=O) groups excluding carboxylic acids is 1. The molecule has 0 saturated carbocycles. The van der Waals surface area contributed by atoms with Crippen LogP contribution in [0, 0.1) is 19.8 Å². The van der Waals surface area contributed by atoms with Gasteiger partial charge in [0.15, 0.2) is 0 Å². The van der Waals surface area contributed by atoms with Gasteiger partial charge in [0.1, 0.15) is 11.5 Å². The number of anilines is 1. The second kappa shape index (κ2) is 8.33. The largest absolute Gasteiger partial charge is 0.497 e. The Morgan fingerprint density at radius 2 is 1.93 bits per heavy atom. The van der Waals surface area contributed by atoms with Crippen LogP contribution < -0.4 is 14.8 Å². The Hall–Kier alpha value is -2.70. The molecular formula is C20H28N4O3. The molecule has 0 atom stereocenters. The molecule has 1 saturated heterocycles. The zero-order valence-electron chi connectivity index (χ0n) is 16.5. The smallest absolute Gasteiger partial charge is 0.321 e. The van der Waals surface area contributed by atoms with E-state index >= 15 is 0 Å². The van der Waals surface area contributed by atoms with Gasteiger partial charge in [0, 0.05) is 31.4 Å². The molecule has 0 aliphatic carbocycles. The van der Waals surface area contributed by atoms with E-state index in [1.807, 2.05) is 11.8 Å². The van der Waals surface area contributed by atoms with Crippen LogP contribution in [-0.4, -0.2) is 48.0 Å². The maximum atomic E-state index is 12.6. The Labute approximate surface area is 160 Å². The van der Waals surface area contributed by atoms with E-state index in [0.717, 1.165) is 38.2 Å². The van der Waals surface area contributed by atoms with Crippen LogP contribution in [0.25, 0.3) is 0 Å². The molecule has 1 N–H and O–H groups in total. The van der Waals surface area contributed by atoms with Crippen LogP contribution in [-0.2, 0) is 6.54 Å². The van der Waals surface area contributed by atoms with Crippen molar-refractivity contribution in [1.82, 2.24) is 14.7 Å². The van der Waals surface area contributed by atoms with E-state index in [-0.39, 0.29) is 6.03 Å². The number of methoxy groups -OCH3 is 2. The molecule has 0 bridgehead atoms. The maximum absolute atomic E-state index is 12.6. The highest BCUT2D eigenvalue weighted by molar-refractivity contribution is 5.91. The van der Waals surface area contributed by atoms with Gasteiger partial charge in [-0.1, -0.05) is 0 Å². The summed E-state index contributed by atoms with van der Waals surface area (Å²) in [5, 5.41) is 7.50. The lowest BCUT2D eigenvalue weighted by Gasteiger charge is -2.32. The summed E-state index contributed by atoms with van der Waals surface area (Å²) in [5.41, 5.74) is 2.89. The Balaban J connectivity index is 1.55. The van der Waals surface area contributed by atoms with E-state index in [1.165, 1.54) is 5.69 Å². The maximum Gasteiger partial charge on any atom is 0.321 e. The van der Waals surface area contributed by atoms with Crippen molar-refractivity contribution in [1.29, 1.82) is 0 Å². The van der Waals surface area contributed by atoms with Crippen LogP contribution in [0.15, 0.2) is 24.3 Å². The predicted molar refractivity (Wildman–Crippen MR) is 105 cm³/mol. The monoisotopic (exact) mass is 372 g/mol. The van der Waals surface area contributed by atoms with Crippen LogP contribution in [0.1, 0.15) is 24.2 Å². The Bertz CT molecular complexity index is 795. The predicted octanol–water partition coefficient (Wildman–Crippen LogP) is 3.46. The molecule has 0 unspecified atom stereocenters. The molecule has 2 amide bonds. The summed E-state index contributed by atoms with van der Waals surface area (Å²) < 4.78 is 12.6. The molecule has 1 aromatic carbocycles. The average Bonchev–Trinajstić information content (AvgIpc) is 2.99. The summed E-state index contributed by atoms with van der Waals surface area (Å²) >= 11 is 0. The fourth-order valence-electron chi connectivity index (χ4n) is 3.52. The fourth-order valence-corrected chi connectivity index (χ4v) is 3.52. The molecule has 3 rings (SSSR count). The summed E-state index contributed by atoms with van der Waals surface area (Å²) in [5.74, 6) is 1.82. The normalized spacial score (nSPS) is 14.9. The number of amides is 2. The Morgan fingerprint density at radius 3 is 2.52 bits per heavy atom. The number of hydrogen-bond donors (Lipinski definition) is 1. The number of carbonyl (C=O) groups is 1. The van der Waals surface area contributed by atoms with Gasteiger partial charge in [0.05, 0.1) is 25.6 Å². The molecule has 7 heteroatoms. The lowest BCUT2D eigenvalue weighted by Crippen LogP contribution is -2.41. The minimum Gasteiger partial charge on any atom is -0.497 e. The second-order valence-corrected chi connectivity index (χ2v) is 7.04. The zero-order chi connectivity index (χ0) is 19.4. The van der Waals surface area contributed by atoms with Gasteiger partial charge in [0.25, 0.3) is 0 Å². The van der Waals surface area contributed by atoms with Gasteiger partial charge in [-0.3, -0.25) is 4.68 Å². The van der Waals surface area contributed by atoms with Gasteiger partial charge in [-0.25, -0.2) is 4.79 Å². The first-order valence-corrected chi connectivity index (χ1v) is 9.29. The van der Waals surface area contributed by atoms with E-state index in [9.17, 15) is 4.79 Å². The average molecular weight is 372 g/mol. The highest BCUT2D eigenvalue weighted by Crippen LogP contribution is 2.29. The van der Waals surface area contributed by atoms with Crippen molar-refractivity contribution in [2.75, 3.05) is 32.6 Å². The van der Waals surface area contributed by atoms with E-state index in [0.29, 0.717) is 23.1 Å². The molecule has 0 radical (unpaired) electrons. The van der Waals surface area contributed by atoms with E-state index < -0.39 is 0 Å². The molecule has 1 fully saturated rings. The lowest BCUT2D eigenvalue weighted by atomic mass is 9.97. The third-order valence-corrected chi connectivity index (χ3v) is 5.09. The number of nitrogens with one attached hydrogen (secondary N) is 1. The van der Waals surface area contributed by atoms with Crippen LogP contribution in [0.4, 0.5) is 10.5 Å². The topological polar surface area (TPSA) is 68.6 Å². The van der Waals surface area contributed by atoms with Crippen molar-refractivity contribution in [3.05, 3.63) is 35.7 Å². The summed E-state index contributed by atoms with van der Waals surface area (Å²) in [6.45, 7) is 6.51. The standard InChI is InChI=1S/C20H28N4O3/c1-14-11-15(2)24(22-14)13-16-7-9-23(10-8-16)20(25)21-18-6-5-17(26-3)12-19(18)27-4/h5-6,11-12,16H,7-10,13H2,1-4H3,(H,21,25). The number of nitrogens with zero attached hydrogens (tertiary/aromatic N) is 3. The molecule has 146 valence electrons. The summed E-state index contributed by atoms with van der Waals surface area (Å²) in [6.07, 6.45) is 1.96. The van der Waals surface area contributed by atoms with Crippen LogP contribution >= 0.6 is 0 Å². The van der Waals surface area contributed by atoms with Gasteiger partial charge in [-0.2, -0.15) is 5.10 Å². The van der Waals surface area contributed by atoms with Gasteiger partial charge < -0.3 is 19.7 Å². The SMILES string of the molecule is COc1ccc(NC(=O)N2CCC(Cn3nc(C)cc3C)CC2)c(OC)c1. The summed E-state index contributed by atoms with van der Waals surface area (Å²) in [6, 6.07) is 7.37. The summed E-state index contributed by atoms with van der Waals surface area (Å²) in [7, 11) is 3.18. The number of rotatable bonds is 5. The van der Waals surface area contributed by atoms with Crippen molar-refractivity contribution in [3.63, 3.8) is 0 Å². The van der Waals surface area contributed by atoms with Gasteiger partial charge in [-0.15, -0.1) is 0 Å². The molecule has 7 nitrogen and oxygen atoms in total. The van der Waals surface area contributed by atoms with Gasteiger partial charge >= 0.3 is 6.03 Å². The van der Waals surface area contributed by atoms with E-state index in [4.69, 9.17) is 9.47 Å². The molecule has 0 spiro atoms. The first-order chi connectivity index (χ1) is 13.0. The number of urea groups is 1. The van der Waals surface area contributed by atoms with Crippen LogP contribution in [0.2, 0.25) is 0 Å². The van der Waals surface area contributed by atoms with Gasteiger partial charge in [0.2, 0.25) is 0 Å². The molecule has 2 aromatic rings. The number of likely N-dealkylation sites (tertiary alicyclic amines) is 1. The molecule has 1 aliphatic heterocycles. The van der Waals surface area contributed by atoms with E-state index in [2.05, 4.69) is 28.1 Å². The number of benzene rings is 1. The van der Waals surface area contributed by atoms with Crippen molar-refractivity contribution in [2.45, 2.75) is 33.2 Å². The number of aryl methyl sites for hydroxylation is 2. The third kappa shape index (κ3) is 4.53. The minimum atomic E-state index is -0.0944. The summed E-state index contributed by atoms with van der Waals surface area (Å²) in [4.78, 5) is 14.5. The molecule has 1 aliphatic rings. The Kier molecular flexibility index (Phi) is 5.88.